The van der Waals surface area contributed by atoms with Gasteiger partial charge >= 0.3 is 0 Å². The predicted octanol–water partition coefficient (Wildman–Crippen LogP) is 3.68. The van der Waals surface area contributed by atoms with Crippen LogP contribution in [-0.4, -0.2) is 11.6 Å². The minimum atomic E-state index is -0.143. The van der Waals surface area contributed by atoms with E-state index in [1.165, 1.54) is 24.8 Å². The van der Waals surface area contributed by atoms with Gasteiger partial charge in [-0.1, -0.05) is 25.1 Å². The molecule has 0 saturated heterocycles. The van der Waals surface area contributed by atoms with E-state index in [0.29, 0.717) is 12.1 Å². The number of nitrogens with one attached hydrogen (secondary N) is 1. The normalized spacial score (nSPS) is 33.2. The van der Waals surface area contributed by atoms with Crippen LogP contribution in [-0.2, 0) is 0 Å². The van der Waals surface area contributed by atoms with Gasteiger partial charge in [0, 0.05) is 11.6 Å². The molecule has 3 atom stereocenters. The van der Waals surface area contributed by atoms with Gasteiger partial charge in [-0.15, -0.1) is 0 Å². The van der Waals surface area contributed by atoms with Crippen molar-refractivity contribution in [1.29, 1.82) is 0 Å². The number of para-hydroxylation sites is 1. The molecule has 3 unspecified atom stereocenters. The van der Waals surface area contributed by atoms with Crippen LogP contribution < -0.4 is 10.1 Å². The highest BCUT2D eigenvalue weighted by atomic mass is 16.5. The van der Waals surface area contributed by atoms with Gasteiger partial charge in [0.05, 0.1) is 6.04 Å². The first-order valence-electron chi connectivity index (χ1n) is 7.10. The van der Waals surface area contributed by atoms with Crippen molar-refractivity contribution in [1.82, 2.24) is 5.32 Å². The molecule has 0 amide bonds. The molecule has 1 aliphatic carbocycles. The van der Waals surface area contributed by atoms with Crippen LogP contribution in [0.25, 0.3) is 0 Å². The smallest absolute Gasteiger partial charge is 0.125 e. The second-order valence-electron chi connectivity index (χ2n) is 6.46. The molecule has 1 N–H and O–H groups in total. The largest absolute Gasteiger partial charge is 0.486 e. The van der Waals surface area contributed by atoms with Crippen LogP contribution in [0.5, 0.6) is 5.75 Å². The Morgan fingerprint density at radius 3 is 2.72 bits per heavy atom. The molecule has 2 heteroatoms. The summed E-state index contributed by atoms with van der Waals surface area (Å²) in [7, 11) is 0. The molecule has 1 aromatic rings. The monoisotopic (exact) mass is 245 g/mol. The molecule has 1 heterocycles. The quantitative estimate of drug-likeness (QED) is 0.858. The molecule has 2 nitrogen and oxygen atoms in total. The Kier molecular flexibility index (Phi) is 2.86. The molecule has 98 valence electrons. The molecule has 2 aliphatic rings. The Morgan fingerprint density at radius 2 is 2.00 bits per heavy atom. The molecule has 0 aromatic heterocycles. The maximum Gasteiger partial charge on any atom is 0.125 e. The molecule has 18 heavy (non-hydrogen) atoms. The maximum atomic E-state index is 6.08. The lowest BCUT2D eigenvalue weighted by Gasteiger charge is -2.30. The average molecular weight is 245 g/mol. The summed E-state index contributed by atoms with van der Waals surface area (Å²) in [5.41, 5.74) is 1.18. The van der Waals surface area contributed by atoms with E-state index in [1.807, 2.05) is 0 Å². The summed E-state index contributed by atoms with van der Waals surface area (Å²) in [6, 6.07) is 9.41. The third-order valence-electron chi connectivity index (χ3n) is 4.40. The summed E-state index contributed by atoms with van der Waals surface area (Å²) in [5, 5.41) is 3.83. The number of benzene rings is 1. The second kappa shape index (κ2) is 4.27. The molecular formula is C16H23NO. The zero-order valence-corrected chi connectivity index (χ0v) is 11.6. The third kappa shape index (κ3) is 2.03. The fourth-order valence-electron chi connectivity index (χ4n) is 3.41. The first-order valence-corrected chi connectivity index (χ1v) is 7.10. The predicted molar refractivity (Wildman–Crippen MR) is 73.8 cm³/mol. The topological polar surface area (TPSA) is 21.3 Å². The number of rotatable bonds is 2. The van der Waals surface area contributed by atoms with Crippen molar-refractivity contribution in [2.24, 2.45) is 5.92 Å². The van der Waals surface area contributed by atoms with Gasteiger partial charge in [0.25, 0.3) is 0 Å². The van der Waals surface area contributed by atoms with Gasteiger partial charge in [-0.2, -0.15) is 0 Å². The van der Waals surface area contributed by atoms with Crippen LogP contribution in [0.2, 0.25) is 0 Å². The fraction of sp³-hybridized carbons (Fsp3) is 0.625. The van der Waals surface area contributed by atoms with Crippen molar-refractivity contribution in [2.75, 3.05) is 0 Å². The Labute approximate surface area is 110 Å². The van der Waals surface area contributed by atoms with Crippen LogP contribution in [0.15, 0.2) is 24.3 Å². The fourth-order valence-corrected chi connectivity index (χ4v) is 3.41. The molecule has 1 aromatic carbocycles. The Morgan fingerprint density at radius 1 is 1.22 bits per heavy atom. The summed E-state index contributed by atoms with van der Waals surface area (Å²) in [6.07, 6.45) is 3.96. The minimum absolute atomic E-state index is 0.143. The van der Waals surface area contributed by atoms with Gasteiger partial charge in [-0.25, -0.2) is 0 Å². The average Bonchev–Trinajstić information content (AvgIpc) is 2.82. The van der Waals surface area contributed by atoms with Crippen molar-refractivity contribution >= 4 is 0 Å². The number of hydrogen-bond acceptors (Lipinski definition) is 2. The zero-order chi connectivity index (χ0) is 12.8. The second-order valence-corrected chi connectivity index (χ2v) is 6.46. The van der Waals surface area contributed by atoms with Crippen molar-refractivity contribution in [2.45, 2.75) is 57.7 Å². The molecule has 0 bridgehead atoms. The van der Waals surface area contributed by atoms with Crippen molar-refractivity contribution in [3.05, 3.63) is 29.8 Å². The van der Waals surface area contributed by atoms with Crippen LogP contribution in [0.4, 0.5) is 0 Å². The van der Waals surface area contributed by atoms with E-state index in [-0.39, 0.29) is 5.60 Å². The van der Waals surface area contributed by atoms with E-state index >= 15 is 0 Å². The number of ether oxygens (including phenoxy) is 1. The lowest BCUT2D eigenvalue weighted by Crippen LogP contribution is -2.43. The minimum Gasteiger partial charge on any atom is -0.486 e. The van der Waals surface area contributed by atoms with Gasteiger partial charge in [-0.05, 0) is 45.1 Å². The summed E-state index contributed by atoms with van der Waals surface area (Å²) >= 11 is 0. The van der Waals surface area contributed by atoms with Gasteiger partial charge in [0.1, 0.15) is 11.4 Å². The summed E-state index contributed by atoms with van der Waals surface area (Å²) < 4.78 is 6.08. The highest BCUT2D eigenvalue weighted by Crippen LogP contribution is 2.43. The first kappa shape index (κ1) is 12.0. The number of fused-ring (bicyclic) bond motifs is 1. The SMILES string of the molecule is CC1CCC(NC2c3ccccc3OC2(C)C)C1. The highest BCUT2D eigenvalue weighted by molar-refractivity contribution is 5.42. The number of hydrogen-bond donors (Lipinski definition) is 1. The molecular weight excluding hydrogens is 222 g/mol. The van der Waals surface area contributed by atoms with Gasteiger partial charge in [-0.3, -0.25) is 0 Å². The van der Waals surface area contributed by atoms with Crippen LogP contribution in [0.3, 0.4) is 0 Å². The van der Waals surface area contributed by atoms with E-state index in [0.717, 1.165) is 11.7 Å². The van der Waals surface area contributed by atoms with Crippen molar-refractivity contribution < 1.29 is 4.74 Å². The Balaban J connectivity index is 1.81. The van der Waals surface area contributed by atoms with Gasteiger partial charge in [0.2, 0.25) is 0 Å². The van der Waals surface area contributed by atoms with Gasteiger partial charge in [0.15, 0.2) is 0 Å². The van der Waals surface area contributed by atoms with E-state index < -0.39 is 0 Å². The summed E-state index contributed by atoms with van der Waals surface area (Å²) in [4.78, 5) is 0. The van der Waals surface area contributed by atoms with Crippen LogP contribution >= 0.6 is 0 Å². The van der Waals surface area contributed by atoms with E-state index in [1.54, 1.807) is 0 Å². The Bertz CT molecular complexity index is 440. The van der Waals surface area contributed by atoms with Crippen LogP contribution in [0.1, 0.15) is 51.6 Å². The molecule has 1 fully saturated rings. The first-order chi connectivity index (χ1) is 8.56. The Hall–Kier alpha value is -1.02. The lowest BCUT2D eigenvalue weighted by atomic mass is 9.93. The molecule has 1 aliphatic heterocycles. The molecule has 0 spiro atoms. The van der Waals surface area contributed by atoms with Crippen molar-refractivity contribution in [3.8, 4) is 5.75 Å². The summed E-state index contributed by atoms with van der Waals surface area (Å²) in [6.45, 7) is 6.72. The third-order valence-corrected chi connectivity index (χ3v) is 4.40. The van der Waals surface area contributed by atoms with Crippen LogP contribution in [0, 0.1) is 5.92 Å². The lowest BCUT2D eigenvalue weighted by molar-refractivity contribution is 0.0910. The maximum absolute atomic E-state index is 6.08. The highest BCUT2D eigenvalue weighted by Gasteiger charge is 2.42. The molecule has 3 rings (SSSR count). The van der Waals surface area contributed by atoms with E-state index in [2.05, 4.69) is 50.4 Å². The zero-order valence-electron chi connectivity index (χ0n) is 11.6. The standard InChI is InChI=1S/C16H23NO/c1-11-8-9-12(10-11)17-15-13-6-4-5-7-14(13)18-16(15,2)3/h4-7,11-12,15,17H,8-10H2,1-3H3. The van der Waals surface area contributed by atoms with Crippen molar-refractivity contribution in [3.63, 3.8) is 0 Å². The van der Waals surface area contributed by atoms with E-state index in [9.17, 15) is 0 Å². The van der Waals surface area contributed by atoms with E-state index in [4.69, 9.17) is 4.74 Å². The van der Waals surface area contributed by atoms with Gasteiger partial charge < -0.3 is 10.1 Å². The summed E-state index contributed by atoms with van der Waals surface area (Å²) in [5.74, 6) is 1.91. The molecule has 1 saturated carbocycles. The molecule has 0 radical (unpaired) electrons.